The zero-order chi connectivity index (χ0) is 10.4. The van der Waals surface area contributed by atoms with Gasteiger partial charge in [0.2, 0.25) is 5.91 Å². The predicted molar refractivity (Wildman–Crippen MR) is 59.1 cm³/mol. The van der Waals surface area contributed by atoms with Crippen LogP contribution >= 0.6 is 0 Å². The maximum absolute atomic E-state index is 11.5. The summed E-state index contributed by atoms with van der Waals surface area (Å²) in [5.41, 5.74) is 0. The number of hydrogen-bond donors (Lipinski definition) is 0. The second-order valence-electron chi connectivity index (χ2n) is 4.32. The summed E-state index contributed by atoms with van der Waals surface area (Å²) in [6.07, 6.45) is 7.04. The molecule has 0 radical (unpaired) electrons. The summed E-state index contributed by atoms with van der Waals surface area (Å²) in [5, 5.41) is 0. The van der Waals surface area contributed by atoms with Gasteiger partial charge in [0.1, 0.15) is 0 Å². The van der Waals surface area contributed by atoms with Gasteiger partial charge in [-0.05, 0) is 25.2 Å². The van der Waals surface area contributed by atoms with Gasteiger partial charge in [-0.3, -0.25) is 4.79 Å². The molecule has 1 unspecified atom stereocenters. The van der Waals surface area contributed by atoms with Crippen LogP contribution in [0.15, 0.2) is 0 Å². The second-order valence-corrected chi connectivity index (χ2v) is 4.32. The summed E-state index contributed by atoms with van der Waals surface area (Å²) in [5.74, 6) is 1.21. The summed E-state index contributed by atoms with van der Waals surface area (Å²) < 4.78 is 0. The van der Waals surface area contributed by atoms with E-state index in [2.05, 4.69) is 11.8 Å². The lowest BCUT2D eigenvalue weighted by atomic mass is 9.96. The highest BCUT2D eigenvalue weighted by Gasteiger charge is 2.18. The molecule has 1 saturated heterocycles. The Morgan fingerprint density at radius 2 is 2.07 bits per heavy atom. The minimum absolute atomic E-state index is 0.335. The first-order chi connectivity index (χ1) is 6.77. The highest BCUT2D eigenvalue weighted by molar-refractivity contribution is 5.75. The molecule has 1 aliphatic rings. The number of hydrogen-bond acceptors (Lipinski definition) is 1. The molecule has 0 N–H and O–H groups in total. The molecule has 0 aromatic heterocycles. The molecular formula is C12H23NO. The minimum Gasteiger partial charge on any atom is -0.343 e. The van der Waals surface area contributed by atoms with Gasteiger partial charge < -0.3 is 4.90 Å². The van der Waals surface area contributed by atoms with Gasteiger partial charge in [-0.25, -0.2) is 0 Å². The van der Waals surface area contributed by atoms with E-state index in [4.69, 9.17) is 0 Å². The average molecular weight is 197 g/mol. The summed E-state index contributed by atoms with van der Waals surface area (Å²) in [6.45, 7) is 6.20. The minimum atomic E-state index is 0.335. The van der Waals surface area contributed by atoms with Crippen molar-refractivity contribution >= 4 is 5.91 Å². The maximum atomic E-state index is 11.5. The molecule has 0 aromatic rings. The van der Waals surface area contributed by atoms with Crippen molar-refractivity contribution < 1.29 is 4.79 Å². The lowest BCUT2D eigenvalue weighted by molar-refractivity contribution is -0.130. The van der Waals surface area contributed by atoms with E-state index in [1.807, 2.05) is 6.92 Å². The van der Waals surface area contributed by atoms with Crippen LogP contribution in [0.5, 0.6) is 0 Å². The van der Waals surface area contributed by atoms with Crippen molar-refractivity contribution in [3.8, 4) is 0 Å². The van der Waals surface area contributed by atoms with Crippen LogP contribution in [0.1, 0.15) is 52.4 Å². The largest absolute Gasteiger partial charge is 0.343 e. The van der Waals surface area contributed by atoms with Gasteiger partial charge in [0, 0.05) is 19.5 Å². The zero-order valence-electron chi connectivity index (χ0n) is 9.59. The Balaban J connectivity index is 2.36. The van der Waals surface area contributed by atoms with E-state index in [9.17, 15) is 4.79 Å². The highest BCUT2D eigenvalue weighted by atomic mass is 16.2. The van der Waals surface area contributed by atoms with E-state index in [0.717, 1.165) is 19.0 Å². The number of rotatable bonds is 3. The molecule has 1 amide bonds. The van der Waals surface area contributed by atoms with Crippen molar-refractivity contribution in [3.05, 3.63) is 0 Å². The monoisotopic (exact) mass is 197 g/mol. The Kier molecular flexibility index (Phi) is 4.99. The summed E-state index contributed by atoms with van der Waals surface area (Å²) in [6, 6.07) is 0. The number of carbonyl (C=O) groups excluding carboxylic acids is 1. The SMILES string of the molecule is CCCC1CCCN(C(=O)CC)CC1. The molecule has 0 saturated carbocycles. The Morgan fingerprint density at radius 3 is 2.71 bits per heavy atom. The lowest BCUT2D eigenvalue weighted by Crippen LogP contribution is -2.31. The van der Waals surface area contributed by atoms with Crippen molar-refractivity contribution in [2.24, 2.45) is 5.92 Å². The Bertz CT molecular complexity index is 179. The molecule has 82 valence electrons. The van der Waals surface area contributed by atoms with Gasteiger partial charge >= 0.3 is 0 Å². The van der Waals surface area contributed by atoms with Gasteiger partial charge in [0.25, 0.3) is 0 Å². The molecule has 0 aromatic carbocycles. The van der Waals surface area contributed by atoms with Crippen LogP contribution in [0.25, 0.3) is 0 Å². The van der Waals surface area contributed by atoms with E-state index in [-0.39, 0.29) is 0 Å². The normalized spacial score (nSPS) is 23.3. The van der Waals surface area contributed by atoms with Crippen LogP contribution in [-0.2, 0) is 4.79 Å². The predicted octanol–water partition coefficient (Wildman–Crippen LogP) is 2.83. The smallest absolute Gasteiger partial charge is 0.222 e. The fourth-order valence-corrected chi connectivity index (χ4v) is 2.34. The van der Waals surface area contributed by atoms with Gasteiger partial charge in [-0.15, -0.1) is 0 Å². The first kappa shape index (κ1) is 11.5. The zero-order valence-corrected chi connectivity index (χ0v) is 9.59. The quantitative estimate of drug-likeness (QED) is 0.681. The van der Waals surface area contributed by atoms with Crippen molar-refractivity contribution in [3.63, 3.8) is 0 Å². The third kappa shape index (κ3) is 3.32. The molecule has 0 bridgehead atoms. The molecule has 0 spiro atoms. The molecule has 1 fully saturated rings. The van der Waals surface area contributed by atoms with Gasteiger partial charge in [-0.2, -0.15) is 0 Å². The first-order valence-corrected chi connectivity index (χ1v) is 6.05. The molecule has 1 atom stereocenters. The number of nitrogens with zero attached hydrogens (tertiary/aromatic N) is 1. The van der Waals surface area contributed by atoms with Gasteiger partial charge in [0.15, 0.2) is 0 Å². The van der Waals surface area contributed by atoms with E-state index in [0.29, 0.717) is 12.3 Å². The van der Waals surface area contributed by atoms with Crippen LogP contribution in [0, 0.1) is 5.92 Å². The number of carbonyl (C=O) groups is 1. The van der Waals surface area contributed by atoms with E-state index in [1.165, 1.54) is 32.1 Å². The fraction of sp³-hybridized carbons (Fsp3) is 0.917. The topological polar surface area (TPSA) is 20.3 Å². The van der Waals surface area contributed by atoms with Crippen LogP contribution in [0.3, 0.4) is 0 Å². The number of likely N-dealkylation sites (tertiary alicyclic amines) is 1. The molecule has 1 rings (SSSR count). The standard InChI is InChI=1S/C12H23NO/c1-3-6-11-7-5-9-13(10-8-11)12(14)4-2/h11H,3-10H2,1-2H3. The molecule has 1 heterocycles. The summed E-state index contributed by atoms with van der Waals surface area (Å²) in [4.78, 5) is 13.6. The highest BCUT2D eigenvalue weighted by Crippen LogP contribution is 2.22. The van der Waals surface area contributed by atoms with Crippen molar-refractivity contribution in [1.82, 2.24) is 4.90 Å². The molecular weight excluding hydrogens is 174 g/mol. The summed E-state index contributed by atoms with van der Waals surface area (Å²) >= 11 is 0. The first-order valence-electron chi connectivity index (χ1n) is 6.05. The second kappa shape index (κ2) is 6.05. The lowest BCUT2D eigenvalue weighted by Gasteiger charge is -2.19. The average Bonchev–Trinajstić information content (AvgIpc) is 2.43. The van der Waals surface area contributed by atoms with Crippen LogP contribution in [0.2, 0.25) is 0 Å². The van der Waals surface area contributed by atoms with Crippen LogP contribution in [-0.4, -0.2) is 23.9 Å². The third-order valence-electron chi connectivity index (χ3n) is 3.20. The Morgan fingerprint density at radius 1 is 1.29 bits per heavy atom. The molecule has 2 heteroatoms. The maximum Gasteiger partial charge on any atom is 0.222 e. The van der Waals surface area contributed by atoms with E-state index >= 15 is 0 Å². The third-order valence-corrected chi connectivity index (χ3v) is 3.20. The molecule has 14 heavy (non-hydrogen) atoms. The number of amides is 1. The molecule has 1 aliphatic heterocycles. The van der Waals surface area contributed by atoms with Crippen LogP contribution < -0.4 is 0 Å². The van der Waals surface area contributed by atoms with Crippen molar-refractivity contribution in [1.29, 1.82) is 0 Å². The van der Waals surface area contributed by atoms with E-state index in [1.54, 1.807) is 0 Å². The molecule has 0 aliphatic carbocycles. The Labute approximate surface area is 87.7 Å². The van der Waals surface area contributed by atoms with E-state index < -0.39 is 0 Å². The molecule has 2 nitrogen and oxygen atoms in total. The van der Waals surface area contributed by atoms with Crippen molar-refractivity contribution in [2.45, 2.75) is 52.4 Å². The van der Waals surface area contributed by atoms with Crippen LogP contribution in [0.4, 0.5) is 0 Å². The van der Waals surface area contributed by atoms with Gasteiger partial charge in [0.05, 0.1) is 0 Å². The van der Waals surface area contributed by atoms with Crippen molar-refractivity contribution in [2.75, 3.05) is 13.1 Å². The van der Waals surface area contributed by atoms with Gasteiger partial charge in [-0.1, -0.05) is 26.7 Å². The summed E-state index contributed by atoms with van der Waals surface area (Å²) in [7, 11) is 0. The Hall–Kier alpha value is -0.530. The fourth-order valence-electron chi connectivity index (χ4n) is 2.34.